The van der Waals surface area contributed by atoms with Gasteiger partial charge in [0.05, 0.1) is 0 Å². The molecule has 3 nitrogen and oxygen atoms in total. The molecule has 100 valence electrons. The number of carbonyl (C=O) groups excluding carboxylic acids is 1. The molecule has 0 bridgehead atoms. The van der Waals surface area contributed by atoms with Gasteiger partial charge in [-0.3, -0.25) is 4.79 Å². The lowest BCUT2D eigenvalue weighted by atomic mass is 10.1. The van der Waals surface area contributed by atoms with Gasteiger partial charge in [-0.25, -0.2) is 0 Å². The van der Waals surface area contributed by atoms with Crippen LogP contribution in [-0.4, -0.2) is 31.5 Å². The lowest BCUT2D eigenvalue weighted by molar-refractivity contribution is -0.130. The second-order valence-corrected chi connectivity index (χ2v) is 4.68. The first-order valence-electron chi connectivity index (χ1n) is 6.55. The van der Waals surface area contributed by atoms with Gasteiger partial charge in [0, 0.05) is 14.1 Å². The van der Waals surface area contributed by atoms with E-state index >= 15 is 0 Å². The number of hydrogen-bond acceptors (Lipinski definition) is 2. The van der Waals surface area contributed by atoms with E-state index in [1.807, 2.05) is 12.1 Å². The number of benzene rings is 1. The van der Waals surface area contributed by atoms with Gasteiger partial charge in [0.15, 0.2) is 6.61 Å². The molecule has 0 aliphatic heterocycles. The van der Waals surface area contributed by atoms with Crippen molar-refractivity contribution in [2.45, 2.75) is 32.6 Å². The molecule has 0 spiro atoms. The van der Waals surface area contributed by atoms with Gasteiger partial charge >= 0.3 is 0 Å². The van der Waals surface area contributed by atoms with E-state index in [0.717, 1.165) is 12.2 Å². The highest BCUT2D eigenvalue weighted by molar-refractivity contribution is 5.77. The van der Waals surface area contributed by atoms with Crippen LogP contribution in [-0.2, 0) is 11.2 Å². The molecule has 0 atom stereocenters. The van der Waals surface area contributed by atoms with Gasteiger partial charge < -0.3 is 9.64 Å². The molecule has 0 saturated carbocycles. The van der Waals surface area contributed by atoms with Crippen LogP contribution in [0.3, 0.4) is 0 Å². The number of aryl methyl sites for hydroxylation is 1. The molecule has 1 amide bonds. The van der Waals surface area contributed by atoms with Crippen molar-refractivity contribution in [1.82, 2.24) is 4.90 Å². The normalized spacial score (nSPS) is 10.2. The summed E-state index contributed by atoms with van der Waals surface area (Å²) in [4.78, 5) is 12.9. The lowest BCUT2D eigenvalue weighted by Gasteiger charge is -2.11. The number of carbonyl (C=O) groups is 1. The summed E-state index contributed by atoms with van der Waals surface area (Å²) in [6.45, 7) is 2.31. The van der Waals surface area contributed by atoms with E-state index < -0.39 is 0 Å². The average Bonchev–Trinajstić information content (AvgIpc) is 2.37. The van der Waals surface area contributed by atoms with Crippen molar-refractivity contribution >= 4 is 5.91 Å². The smallest absolute Gasteiger partial charge is 0.259 e. The molecule has 1 rings (SSSR count). The molecule has 0 fully saturated rings. The molecule has 0 unspecified atom stereocenters. The standard InChI is InChI=1S/C15H23NO2/c1-4-5-6-7-13-8-10-14(11-9-13)18-12-15(17)16(2)3/h8-11H,4-7,12H2,1-3H3. The Balaban J connectivity index is 2.38. The van der Waals surface area contributed by atoms with E-state index in [0.29, 0.717) is 0 Å². The van der Waals surface area contributed by atoms with Crippen molar-refractivity contribution < 1.29 is 9.53 Å². The van der Waals surface area contributed by atoms with Gasteiger partial charge in [0.25, 0.3) is 5.91 Å². The Morgan fingerprint density at radius 1 is 1.17 bits per heavy atom. The number of rotatable bonds is 7. The third-order valence-electron chi connectivity index (χ3n) is 2.85. The molecular formula is C15H23NO2. The zero-order chi connectivity index (χ0) is 13.4. The molecule has 1 aromatic carbocycles. The largest absolute Gasteiger partial charge is 0.484 e. The minimum atomic E-state index is -0.0259. The maximum Gasteiger partial charge on any atom is 0.259 e. The summed E-state index contributed by atoms with van der Waals surface area (Å²) in [7, 11) is 3.45. The van der Waals surface area contributed by atoms with Gasteiger partial charge in [-0.05, 0) is 30.5 Å². The van der Waals surface area contributed by atoms with Crippen LogP contribution in [0, 0.1) is 0 Å². The average molecular weight is 249 g/mol. The predicted octanol–water partition coefficient (Wildman–Crippen LogP) is 2.89. The first-order valence-corrected chi connectivity index (χ1v) is 6.55. The number of likely N-dealkylation sites (N-methyl/N-ethyl adjacent to an activating group) is 1. The topological polar surface area (TPSA) is 29.5 Å². The monoisotopic (exact) mass is 249 g/mol. The van der Waals surface area contributed by atoms with Crippen molar-refractivity contribution in [3.05, 3.63) is 29.8 Å². The van der Waals surface area contributed by atoms with Crippen LogP contribution in [0.4, 0.5) is 0 Å². The fourth-order valence-corrected chi connectivity index (χ4v) is 1.61. The molecule has 0 aliphatic rings. The van der Waals surface area contributed by atoms with E-state index in [4.69, 9.17) is 4.74 Å². The number of unbranched alkanes of at least 4 members (excludes halogenated alkanes) is 2. The summed E-state index contributed by atoms with van der Waals surface area (Å²) in [5.41, 5.74) is 1.33. The van der Waals surface area contributed by atoms with Crippen LogP contribution in [0.1, 0.15) is 31.7 Å². The predicted molar refractivity (Wildman–Crippen MR) is 73.9 cm³/mol. The second-order valence-electron chi connectivity index (χ2n) is 4.68. The van der Waals surface area contributed by atoms with E-state index in [2.05, 4.69) is 19.1 Å². The Kier molecular flexibility index (Phi) is 6.26. The minimum absolute atomic E-state index is 0.0259. The first kappa shape index (κ1) is 14.6. The first-order chi connectivity index (χ1) is 8.63. The van der Waals surface area contributed by atoms with E-state index in [9.17, 15) is 4.79 Å². The van der Waals surface area contributed by atoms with Gasteiger partial charge in [0.2, 0.25) is 0 Å². The minimum Gasteiger partial charge on any atom is -0.484 e. The van der Waals surface area contributed by atoms with Gasteiger partial charge in [-0.15, -0.1) is 0 Å². The van der Waals surface area contributed by atoms with Crippen molar-refractivity contribution in [3.63, 3.8) is 0 Å². The number of hydrogen-bond donors (Lipinski definition) is 0. The van der Waals surface area contributed by atoms with Crippen molar-refractivity contribution in [2.24, 2.45) is 0 Å². The highest BCUT2D eigenvalue weighted by Crippen LogP contribution is 2.14. The molecular weight excluding hydrogens is 226 g/mol. The Labute approximate surface area is 110 Å². The molecule has 0 saturated heterocycles. The quantitative estimate of drug-likeness (QED) is 0.695. The maximum atomic E-state index is 11.4. The lowest BCUT2D eigenvalue weighted by Crippen LogP contribution is -2.27. The fourth-order valence-electron chi connectivity index (χ4n) is 1.61. The van der Waals surface area contributed by atoms with Crippen LogP contribution < -0.4 is 4.74 Å². The van der Waals surface area contributed by atoms with Crippen LogP contribution >= 0.6 is 0 Å². The van der Waals surface area contributed by atoms with E-state index in [1.165, 1.54) is 29.7 Å². The number of ether oxygens (including phenoxy) is 1. The van der Waals surface area contributed by atoms with Crippen LogP contribution in [0.15, 0.2) is 24.3 Å². The summed E-state index contributed by atoms with van der Waals surface area (Å²) in [6, 6.07) is 8.02. The SMILES string of the molecule is CCCCCc1ccc(OCC(=O)N(C)C)cc1. The third-order valence-corrected chi connectivity index (χ3v) is 2.85. The Hall–Kier alpha value is -1.51. The molecule has 3 heteroatoms. The second kappa shape index (κ2) is 7.75. The summed E-state index contributed by atoms with van der Waals surface area (Å²) < 4.78 is 5.42. The van der Waals surface area contributed by atoms with Gasteiger partial charge in [-0.2, -0.15) is 0 Å². The molecule has 0 aliphatic carbocycles. The van der Waals surface area contributed by atoms with Gasteiger partial charge in [0.1, 0.15) is 5.75 Å². The molecule has 1 aromatic rings. The Bertz CT molecular complexity index is 357. The van der Waals surface area contributed by atoms with Crippen molar-refractivity contribution in [2.75, 3.05) is 20.7 Å². The molecule has 0 aromatic heterocycles. The Morgan fingerprint density at radius 3 is 2.39 bits per heavy atom. The molecule has 0 N–H and O–H groups in total. The van der Waals surface area contributed by atoms with Crippen LogP contribution in [0.5, 0.6) is 5.75 Å². The summed E-state index contributed by atoms with van der Waals surface area (Å²) in [5.74, 6) is 0.728. The Morgan fingerprint density at radius 2 is 1.83 bits per heavy atom. The van der Waals surface area contributed by atoms with Gasteiger partial charge in [-0.1, -0.05) is 31.9 Å². The number of nitrogens with zero attached hydrogens (tertiary/aromatic N) is 1. The maximum absolute atomic E-state index is 11.4. The van der Waals surface area contributed by atoms with Crippen LogP contribution in [0.25, 0.3) is 0 Å². The summed E-state index contributed by atoms with van der Waals surface area (Å²) in [5, 5.41) is 0. The summed E-state index contributed by atoms with van der Waals surface area (Å²) >= 11 is 0. The summed E-state index contributed by atoms with van der Waals surface area (Å²) in [6.07, 6.45) is 4.87. The molecule has 0 heterocycles. The molecule has 18 heavy (non-hydrogen) atoms. The van der Waals surface area contributed by atoms with Crippen molar-refractivity contribution in [1.29, 1.82) is 0 Å². The molecule has 0 radical (unpaired) electrons. The highest BCUT2D eigenvalue weighted by atomic mass is 16.5. The number of amides is 1. The van der Waals surface area contributed by atoms with E-state index in [-0.39, 0.29) is 12.5 Å². The fraction of sp³-hybridized carbons (Fsp3) is 0.533. The highest BCUT2D eigenvalue weighted by Gasteiger charge is 2.04. The zero-order valence-electron chi connectivity index (χ0n) is 11.6. The third kappa shape index (κ3) is 5.21. The van der Waals surface area contributed by atoms with Crippen molar-refractivity contribution in [3.8, 4) is 5.75 Å². The van der Waals surface area contributed by atoms with E-state index in [1.54, 1.807) is 14.1 Å². The zero-order valence-corrected chi connectivity index (χ0v) is 11.6. The van der Waals surface area contributed by atoms with Crippen LogP contribution in [0.2, 0.25) is 0 Å².